The number of aliphatic carboxylic acids is 2. The van der Waals surface area contributed by atoms with Crippen molar-refractivity contribution < 1.29 is 19.8 Å². The van der Waals surface area contributed by atoms with E-state index in [9.17, 15) is 9.59 Å². The molecule has 68 valence electrons. The van der Waals surface area contributed by atoms with Gasteiger partial charge in [-0.05, 0) is 19.8 Å². The summed E-state index contributed by atoms with van der Waals surface area (Å²) in [5.74, 6) is -2.38. The maximum Gasteiger partial charge on any atom is 0.324 e. The highest BCUT2D eigenvalue weighted by Crippen LogP contribution is 2.53. The van der Waals surface area contributed by atoms with E-state index in [1.807, 2.05) is 0 Å². The van der Waals surface area contributed by atoms with Crippen LogP contribution in [-0.2, 0) is 9.59 Å². The molecular weight excluding hydrogens is 162 g/mol. The minimum absolute atomic E-state index is 0.349. The molecule has 1 rings (SSSR count). The van der Waals surface area contributed by atoms with Crippen LogP contribution in [0.5, 0.6) is 0 Å². The molecule has 0 bridgehead atoms. The Bertz CT molecular complexity index is 228. The molecule has 0 unspecified atom stereocenters. The number of nitrogens with two attached hydrogens (primary N) is 1. The van der Waals surface area contributed by atoms with Gasteiger partial charge in [0.05, 0.1) is 5.41 Å². The molecule has 0 aromatic carbocycles. The molecule has 12 heavy (non-hydrogen) atoms. The van der Waals surface area contributed by atoms with Crippen molar-refractivity contribution in [1.29, 1.82) is 0 Å². The summed E-state index contributed by atoms with van der Waals surface area (Å²) in [6, 6.07) is 0. The molecule has 0 aromatic heterocycles. The molecule has 5 nitrogen and oxygen atoms in total. The minimum atomic E-state index is -1.65. The highest BCUT2D eigenvalue weighted by atomic mass is 16.4. The third kappa shape index (κ3) is 0.896. The van der Waals surface area contributed by atoms with Gasteiger partial charge in [-0.3, -0.25) is 9.59 Å². The van der Waals surface area contributed by atoms with E-state index in [0.29, 0.717) is 12.8 Å². The van der Waals surface area contributed by atoms with Gasteiger partial charge in [0, 0.05) is 0 Å². The van der Waals surface area contributed by atoms with Gasteiger partial charge >= 0.3 is 11.9 Å². The second-order valence-electron chi connectivity index (χ2n) is 3.39. The Morgan fingerprint density at radius 2 is 1.83 bits per heavy atom. The molecule has 0 aliphatic heterocycles. The van der Waals surface area contributed by atoms with E-state index in [1.165, 1.54) is 6.92 Å². The molecule has 5 heteroatoms. The molecule has 0 aromatic rings. The van der Waals surface area contributed by atoms with Gasteiger partial charge in [0.2, 0.25) is 0 Å². The van der Waals surface area contributed by atoms with Gasteiger partial charge in [0.1, 0.15) is 5.54 Å². The van der Waals surface area contributed by atoms with E-state index < -0.39 is 22.9 Å². The third-order valence-electron chi connectivity index (χ3n) is 2.60. The van der Waals surface area contributed by atoms with Gasteiger partial charge < -0.3 is 15.9 Å². The van der Waals surface area contributed by atoms with Crippen molar-refractivity contribution in [1.82, 2.24) is 0 Å². The maximum atomic E-state index is 10.7. The number of hydrogen-bond acceptors (Lipinski definition) is 3. The summed E-state index contributed by atoms with van der Waals surface area (Å²) in [5.41, 5.74) is 2.53. The Morgan fingerprint density at radius 3 is 1.92 bits per heavy atom. The third-order valence-corrected chi connectivity index (χ3v) is 2.60. The van der Waals surface area contributed by atoms with Crippen molar-refractivity contribution >= 4 is 11.9 Å². The summed E-state index contributed by atoms with van der Waals surface area (Å²) < 4.78 is 0. The van der Waals surface area contributed by atoms with Gasteiger partial charge in [-0.1, -0.05) is 0 Å². The standard InChI is InChI=1S/C7H11NO4/c1-6(8,4(9)10)7(2-3-7)5(11)12/h2-3,8H2,1H3,(H,9,10)(H,11,12)/t6-/m1/s1. The molecule has 0 amide bonds. The largest absolute Gasteiger partial charge is 0.481 e. The van der Waals surface area contributed by atoms with E-state index in [1.54, 1.807) is 0 Å². The molecule has 1 aliphatic rings. The second kappa shape index (κ2) is 2.20. The highest BCUT2D eigenvalue weighted by Gasteiger charge is 2.64. The molecule has 4 N–H and O–H groups in total. The quantitative estimate of drug-likeness (QED) is 0.541. The van der Waals surface area contributed by atoms with Crippen LogP contribution in [0.3, 0.4) is 0 Å². The average molecular weight is 173 g/mol. The minimum Gasteiger partial charge on any atom is -0.481 e. The Kier molecular flexibility index (Phi) is 1.64. The molecule has 0 radical (unpaired) electrons. The van der Waals surface area contributed by atoms with E-state index in [4.69, 9.17) is 15.9 Å². The Balaban J connectivity index is 2.96. The van der Waals surface area contributed by atoms with Crippen LogP contribution in [0.1, 0.15) is 19.8 Å². The molecule has 1 fully saturated rings. The van der Waals surface area contributed by atoms with Crippen molar-refractivity contribution in [2.75, 3.05) is 0 Å². The van der Waals surface area contributed by atoms with Gasteiger partial charge in [-0.2, -0.15) is 0 Å². The number of rotatable bonds is 3. The zero-order valence-corrected chi connectivity index (χ0v) is 6.70. The Hall–Kier alpha value is -1.10. The molecule has 0 spiro atoms. The number of carboxylic acids is 2. The van der Waals surface area contributed by atoms with Crippen LogP contribution in [0.25, 0.3) is 0 Å². The zero-order valence-electron chi connectivity index (χ0n) is 6.70. The highest BCUT2D eigenvalue weighted by molar-refractivity contribution is 5.91. The number of hydrogen-bond donors (Lipinski definition) is 3. The van der Waals surface area contributed by atoms with Crippen molar-refractivity contribution in [3.8, 4) is 0 Å². The summed E-state index contributed by atoms with van der Waals surface area (Å²) >= 11 is 0. The van der Waals surface area contributed by atoms with Crippen LogP contribution in [0.4, 0.5) is 0 Å². The normalized spacial score (nSPS) is 24.2. The van der Waals surface area contributed by atoms with Crippen molar-refractivity contribution in [2.24, 2.45) is 11.1 Å². The fourth-order valence-corrected chi connectivity index (χ4v) is 1.29. The van der Waals surface area contributed by atoms with Crippen LogP contribution in [0, 0.1) is 5.41 Å². The van der Waals surface area contributed by atoms with Gasteiger partial charge in [0.25, 0.3) is 0 Å². The van der Waals surface area contributed by atoms with E-state index in [-0.39, 0.29) is 0 Å². The molecule has 0 saturated heterocycles. The average Bonchev–Trinajstić information content (AvgIpc) is 2.64. The van der Waals surface area contributed by atoms with Crippen molar-refractivity contribution in [3.05, 3.63) is 0 Å². The van der Waals surface area contributed by atoms with E-state index in [2.05, 4.69) is 0 Å². The molecule has 1 aliphatic carbocycles. The molecule has 0 heterocycles. The monoisotopic (exact) mass is 173 g/mol. The lowest BCUT2D eigenvalue weighted by Crippen LogP contribution is -2.55. The summed E-state index contributed by atoms with van der Waals surface area (Å²) in [6.45, 7) is 1.25. The van der Waals surface area contributed by atoms with Crippen LogP contribution in [0.15, 0.2) is 0 Å². The smallest absolute Gasteiger partial charge is 0.324 e. The fourth-order valence-electron chi connectivity index (χ4n) is 1.29. The van der Waals surface area contributed by atoms with Crippen molar-refractivity contribution in [2.45, 2.75) is 25.3 Å². The van der Waals surface area contributed by atoms with Gasteiger partial charge in [0.15, 0.2) is 0 Å². The Morgan fingerprint density at radius 1 is 1.42 bits per heavy atom. The van der Waals surface area contributed by atoms with Crippen LogP contribution >= 0.6 is 0 Å². The molecule has 1 saturated carbocycles. The fraction of sp³-hybridized carbons (Fsp3) is 0.714. The van der Waals surface area contributed by atoms with Gasteiger partial charge in [-0.25, -0.2) is 0 Å². The first-order chi connectivity index (χ1) is 5.34. The first-order valence-corrected chi connectivity index (χ1v) is 3.60. The van der Waals surface area contributed by atoms with E-state index in [0.717, 1.165) is 0 Å². The Labute approximate surface area is 69.2 Å². The summed E-state index contributed by atoms with van der Waals surface area (Å²) in [5, 5.41) is 17.4. The second-order valence-corrected chi connectivity index (χ2v) is 3.39. The van der Waals surface area contributed by atoms with E-state index >= 15 is 0 Å². The van der Waals surface area contributed by atoms with Gasteiger partial charge in [-0.15, -0.1) is 0 Å². The predicted molar refractivity (Wildman–Crippen MR) is 39.5 cm³/mol. The number of carboxylic acid groups (broad SMARTS) is 2. The summed E-state index contributed by atoms with van der Waals surface area (Å²) in [6.07, 6.45) is 0.698. The van der Waals surface area contributed by atoms with Crippen LogP contribution in [-0.4, -0.2) is 27.7 Å². The van der Waals surface area contributed by atoms with Crippen LogP contribution < -0.4 is 5.73 Å². The van der Waals surface area contributed by atoms with Crippen molar-refractivity contribution in [3.63, 3.8) is 0 Å². The SMILES string of the molecule is C[C@@](N)(C(=O)O)C1(C(=O)O)CC1. The zero-order chi connectivity index (χ0) is 9.57. The topological polar surface area (TPSA) is 101 Å². The lowest BCUT2D eigenvalue weighted by atomic mass is 9.83. The van der Waals surface area contributed by atoms with Crippen LogP contribution in [0.2, 0.25) is 0 Å². The number of carbonyl (C=O) groups is 2. The first-order valence-electron chi connectivity index (χ1n) is 3.60. The summed E-state index contributed by atoms with van der Waals surface area (Å²) in [7, 11) is 0. The lowest BCUT2D eigenvalue weighted by Gasteiger charge is -2.26. The maximum absolute atomic E-state index is 10.7. The molecule has 1 atom stereocenters. The summed E-state index contributed by atoms with van der Waals surface area (Å²) in [4.78, 5) is 21.3. The first kappa shape index (κ1) is 8.99. The predicted octanol–water partition coefficient (Wildman–Crippen LogP) is -0.347. The molecular formula is C7H11NO4. The lowest BCUT2D eigenvalue weighted by molar-refractivity contribution is -0.156.